The Bertz CT molecular complexity index is 1540. The van der Waals surface area contributed by atoms with Gasteiger partial charge in [0.1, 0.15) is 5.54 Å². The number of benzene rings is 4. The van der Waals surface area contributed by atoms with E-state index in [1.807, 2.05) is 24.5 Å². The molecule has 1 aromatic heterocycles. The molecule has 0 N–H and O–H groups in total. The van der Waals surface area contributed by atoms with Gasteiger partial charge in [-0.1, -0.05) is 103 Å². The van der Waals surface area contributed by atoms with Crippen LogP contribution < -0.4 is 0 Å². The lowest BCUT2D eigenvalue weighted by Crippen LogP contribution is -2.39. The van der Waals surface area contributed by atoms with Crippen molar-refractivity contribution in [3.63, 3.8) is 0 Å². The van der Waals surface area contributed by atoms with Crippen molar-refractivity contribution in [2.24, 2.45) is 5.92 Å². The minimum Gasteiger partial charge on any atom is -0.376 e. The van der Waals surface area contributed by atoms with Crippen molar-refractivity contribution >= 4 is 11.6 Å². The van der Waals surface area contributed by atoms with Gasteiger partial charge in [0.05, 0.1) is 30.8 Å². The molecule has 42 heavy (non-hydrogen) atoms. The number of rotatable bonds is 8. The Labute approximate surface area is 248 Å². The summed E-state index contributed by atoms with van der Waals surface area (Å²) >= 11 is 6.17. The second kappa shape index (κ2) is 11.8. The Balaban J connectivity index is 1.30. The van der Waals surface area contributed by atoms with Gasteiger partial charge in [-0.25, -0.2) is 4.98 Å². The highest BCUT2D eigenvalue weighted by molar-refractivity contribution is 6.31. The Morgan fingerprint density at radius 3 is 1.90 bits per heavy atom. The summed E-state index contributed by atoms with van der Waals surface area (Å²) in [6.45, 7) is 0.444. The van der Waals surface area contributed by atoms with Crippen LogP contribution in [-0.2, 0) is 35.9 Å². The number of aromatic nitrogens is 2. The molecule has 6 rings (SSSR count). The zero-order chi connectivity index (χ0) is 29.2. The van der Waals surface area contributed by atoms with Gasteiger partial charge in [-0.3, -0.25) is 0 Å². The van der Waals surface area contributed by atoms with Gasteiger partial charge in [0.25, 0.3) is 0 Å². The Morgan fingerprint density at radius 1 is 0.786 bits per heavy atom. The maximum Gasteiger partial charge on any atom is 0.416 e. The Kier molecular flexibility index (Phi) is 7.93. The van der Waals surface area contributed by atoms with Crippen LogP contribution in [0.4, 0.5) is 13.2 Å². The number of alkyl halides is 3. The van der Waals surface area contributed by atoms with E-state index in [-0.39, 0.29) is 17.5 Å². The second-order valence-corrected chi connectivity index (χ2v) is 11.2. The van der Waals surface area contributed by atoms with Crippen LogP contribution in [0.1, 0.15) is 45.6 Å². The molecule has 5 aromatic rings. The summed E-state index contributed by atoms with van der Waals surface area (Å²) in [5, 5.41) is 0.270. The van der Waals surface area contributed by atoms with Crippen LogP contribution in [0.2, 0.25) is 5.02 Å². The van der Waals surface area contributed by atoms with Gasteiger partial charge in [0.2, 0.25) is 0 Å². The average Bonchev–Trinajstić information content (AvgIpc) is 3.43. The van der Waals surface area contributed by atoms with Gasteiger partial charge in [0.15, 0.2) is 0 Å². The molecule has 214 valence electrons. The molecule has 3 nitrogen and oxygen atoms in total. The van der Waals surface area contributed by atoms with E-state index < -0.39 is 17.3 Å². The van der Waals surface area contributed by atoms with Gasteiger partial charge in [-0.15, -0.1) is 0 Å². The first kappa shape index (κ1) is 28.3. The lowest BCUT2D eigenvalue weighted by Gasteiger charge is -2.39. The van der Waals surface area contributed by atoms with Crippen LogP contribution in [0.5, 0.6) is 0 Å². The van der Waals surface area contributed by atoms with Crippen LogP contribution in [0.3, 0.4) is 0 Å². The number of ether oxygens (including phenoxy) is 1. The van der Waals surface area contributed by atoms with Crippen molar-refractivity contribution in [2.45, 2.75) is 37.6 Å². The van der Waals surface area contributed by atoms with Crippen LogP contribution in [0.15, 0.2) is 116 Å². The van der Waals surface area contributed by atoms with E-state index >= 15 is 0 Å². The molecule has 0 bridgehead atoms. The standard InChI is InChI=1S/C35H30ClF3N2O/c36-31-18-17-30(35(37,38)39)21-26(31)23-42-22-25-16-19-33-32(20-25)40-24-41(33)34(27-10-4-1-5-11-27,28-12-6-2-7-13-28)29-14-8-3-9-15-29/h1-15,17-18,21,24-25H,16,19-20,22-23H2. The van der Waals surface area contributed by atoms with Crippen molar-refractivity contribution in [1.82, 2.24) is 9.55 Å². The molecule has 0 spiro atoms. The molecule has 1 unspecified atom stereocenters. The highest BCUT2D eigenvalue weighted by Gasteiger charge is 2.41. The van der Waals surface area contributed by atoms with Crippen LogP contribution in [0, 0.1) is 5.92 Å². The third-order valence-electron chi connectivity index (χ3n) is 8.14. The highest BCUT2D eigenvalue weighted by atomic mass is 35.5. The second-order valence-electron chi connectivity index (χ2n) is 10.7. The van der Waals surface area contributed by atoms with Crippen molar-refractivity contribution in [1.29, 1.82) is 0 Å². The van der Waals surface area contributed by atoms with E-state index in [9.17, 15) is 13.2 Å². The summed E-state index contributed by atoms with van der Waals surface area (Å²) in [5.74, 6) is 0.199. The molecule has 0 saturated heterocycles. The molecule has 1 atom stereocenters. The van der Waals surface area contributed by atoms with Gasteiger partial charge in [-0.05, 0) is 65.6 Å². The first-order valence-corrected chi connectivity index (χ1v) is 14.4. The Hall–Kier alpha value is -3.87. The summed E-state index contributed by atoms with van der Waals surface area (Å²) in [7, 11) is 0. The first-order valence-electron chi connectivity index (χ1n) is 14.0. The molecule has 0 aliphatic heterocycles. The predicted octanol–water partition coefficient (Wildman–Crippen LogP) is 8.72. The van der Waals surface area contributed by atoms with Crippen molar-refractivity contribution < 1.29 is 17.9 Å². The molecule has 0 amide bonds. The molecule has 0 radical (unpaired) electrons. The van der Waals surface area contributed by atoms with Gasteiger partial charge in [-0.2, -0.15) is 13.2 Å². The summed E-state index contributed by atoms with van der Waals surface area (Å²) in [4.78, 5) is 4.93. The average molecular weight is 587 g/mol. The normalized spacial score (nSPS) is 15.4. The van der Waals surface area contributed by atoms with E-state index in [4.69, 9.17) is 21.3 Å². The first-order chi connectivity index (χ1) is 20.4. The quantitative estimate of drug-likeness (QED) is 0.170. The van der Waals surface area contributed by atoms with Crippen LogP contribution >= 0.6 is 11.6 Å². The molecule has 0 fully saturated rings. The molecule has 1 aliphatic rings. The minimum atomic E-state index is -4.42. The summed E-state index contributed by atoms with van der Waals surface area (Å²) in [6.07, 6.45) is -0.0474. The number of imidazole rings is 1. The molecule has 0 saturated carbocycles. The van der Waals surface area contributed by atoms with E-state index in [1.165, 1.54) is 11.8 Å². The molecule has 4 aromatic carbocycles. The number of halogens is 4. The lowest BCUT2D eigenvalue weighted by atomic mass is 9.76. The van der Waals surface area contributed by atoms with E-state index in [0.717, 1.165) is 53.8 Å². The van der Waals surface area contributed by atoms with Gasteiger partial charge >= 0.3 is 6.18 Å². The predicted molar refractivity (Wildman–Crippen MR) is 158 cm³/mol. The third-order valence-corrected chi connectivity index (χ3v) is 8.51. The topological polar surface area (TPSA) is 27.1 Å². The minimum absolute atomic E-state index is 0.0275. The fraction of sp³-hybridized carbons (Fsp3) is 0.229. The fourth-order valence-electron chi connectivity index (χ4n) is 6.15. The van der Waals surface area contributed by atoms with E-state index in [0.29, 0.717) is 12.2 Å². The number of nitrogens with zero attached hydrogens (tertiary/aromatic N) is 2. The highest BCUT2D eigenvalue weighted by Crippen LogP contribution is 2.43. The maximum atomic E-state index is 13.2. The van der Waals surface area contributed by atoms with E-state index in [2.05, 4.69) is 77.4 Å². The number of fused-ring (bicyclic) bond motifs is 1. The van der Waals surface area contributed by atoms with Crippen LogP contribution in [0.25, 0.3) is 0 Å². The molecular formula is C35H30ClF3N2O. The monoisotopic (exact) mass is 586 g/mol. The Morgan fingerprint density at radius 2 is 1.36 bits per heavy atom. The molecular weight excluding hydrogens is 557 g/mol. The zero-order valence-electron chi connectivity index (χ0n) is 22.9. The zero-order valence-corrected chi connectivity index (χ0v) is 23.7. The fourth-order valence-corrected chi connectivity index (χ4v) is 6.32. The lowest BCUT2D eigenvalue weighted by molar-refractivity contribution is -0.137. The van der Waals surface area contributed by atoms with Crippen molar-refractivity contribution in [3.8, 4) is 0 Å². The van der Waals surface area contributed by atoms with Crippen molar-refractivity contribution in [3.05, 3.63) is 160 Å². The third kappa shape index (κ3) is 5.37. The van der Waals surface area contributed by atoms with Crippen LogP contribution in [-0.4, -0.2) is 16.2 Å². The summed E-state index contributed by atoms with van der Waals surface area (Å²) < 4.78 is 47.8. The summed E-state index contributed by atoms with van der Waals surface area (Å²) in [5.41, 5.74) is 4.64. The maximum absolute atomic E-state index is 13.2. The van der Waals surface area contributed by atoms with Crippen molar-refractivity contribution in [2.75, 3.05) is 6.61 Å². The van der Waals surface area contributed by atoms with Gasteiger partial charge in [0, 0.05) is 10.7 Å². The number of hydrogen-bond donors (Lipinski definition) is 0. The molecule has 1 heterocycles. The smallest absolute Gasteiger partial charge is 0.376 e. The van der Waals surface area contributed by atoms with E-state index in [1.54, 1.807) is 0 Å². The molecule has 7 heteroatoms. The van der Waals surface area contributed by atoms with Gasteiger partial charge < -0.3 is 9.30 Å². The summed E-state index contributed by atoms with van der Waals surface area (Å²) in [6, 6.07) is 34.9. The largest absolute Gasteiger partial charge is 0.416 e. The number of hydrogen-bond acceptors (Lipinski definition) is 2. The molecule has 1 aliphatic carbocycles. The SMILES string of the molecule is FC(F)(F)c1ccc(Cl)c(COCC2CCc3c(ncn3C(c3ccccc3)(c3ccccc3)c3ccccc3)C2)c1.